The predicted octanol–water partition coefficient (Wildman–Crippen LogP) is 1.34. The lowest BCUT2D eigenvalue weighted by molar-refractivity contribution is -0.117. The quantitative estimate of drug-likeness (QED) is 0.855. The zero-order valence-electron chi connectivity index (χ0n) is 10.9. The smallest absolute Gasteiger partial charge is 0.227 e. The first-order valence-corrected chi connectivity index (χ1v) is 6.38. The first kappa shape index (κ1) is 13.4. The summed E-state index contributed by atoms with van der Waals surface area (Å²) in [6.45, 7) is 3.23. The number of nitrogens with one attached hydrogen (secondary N) is 1. The van der Waals surface area contributed by atoms with E-state index < -0.39 is 0 Å². The third-order valence-corrected chi connectivity index (χ3v) is 3.25. The fraction of sp³-hybridized carbons (Fsp3) is 0.429. The molecule has 19 heavy (non-hydrogen) atoms. The summed E-state index contributed by atoms with van der Waals surface area (Å²) in [6.07, 6.45) is 0.360. The van der Waals surface area contributed by atoms with E-state index in [2.05, 4.69) is 11.4 Å². The third-order valence-electron chi connectivity index (χ3n) is 3.25. The van der Waals surface area contributed by atoms with Crippen molar-refractivity contribution in [3.8, 4) is 6.07 Å². The molecular weight excluding hydrogens is 242 g/mol. The lowest BCUT2D eigenvalue weighted by atomic mass is 10.1. The first-order valence-electron chi connectivity index (χ1n) is 6.38. The van der Waals surface area contributed by atoms with Gasteiger partial charge in [0.25, 0.3) is 0 Å². The molecule has 0 radical (unpaired) electrons. The number of aliphatic hydroxyl groups is 1. The van der Waals surface area contributed by atoms with E-state index in [9.17, 15) is 9.90 Å². The highest BCUT2D eigenvalue weighted by Crippen LogP contribution is 2.32. The Morgan fingerprint density at radius 2 is 2.37 bits per heavy atom. The van der Waals surface area contributed by atoms with Gasteiger partial charge in [-0.3, -0.25) is 4.79 Å². The van der Waals surface area contributed by atoms with Crippen LogP contribution in [0.25, 0.3) is 0 Å². The van der Waals surface area contributed by atoms with Gasteiger partial charge in [-0.2, -0.15) is 5.26 Å². The molecule has 1 aromatic carbocycles. The molecule has 2 N–H and O–H groups in total. The molecule has 1 amide bonds. The van der Waals surface area contributed by atoms with E-state index in [0.29, 0.717) is 18.5 Å². The predicted molar refractivity (Wildman–Crippen MR) is 72.9 cm³/mol. The number of amides is 1. The summed E-state index contributed by atoms with van der Waals surface area (Å²) in [5.74, 6) is -0.0268. The van der Waals surface area contributed by atoms with Crippen molar-refractivity contribution >= 4 is 17.3 Å². The van der Waals surface area contributed by atoms with Crippen LogP contribution in [-0.4, -0.2) is 30.7 Å². The maximum absolute atomic E-state index is 12.0. The molecular formula is C14H17N3O2. The van der Waals surface area contributed by atoms with Crippen LogP contribution in [-0.2, 0) is 4.79 Å². The molecule has 0 bridgehead atoms. The van der Waals surface area contributed by atoms with E-state index in [4.69, 9.17) is 5.26 Å². The zero-order chi connectivity index (χ0) is 13.8. The number of carbonyl (C=O) groups is 1. The Kier molecular flexibility index (Phi) is 4.03. The van der Waals surface area contributed by atoms with E-state index in [1.165, 1.54) is 0 Å². The fourth-order valence-corrected chi connectivity index (χ4v) is 2.30. The molecule has 0 spiro atoms. The molecule has 1 atom stereocenters. The minimum Gasteiger partial charge on any atom is -0.396 e. The van der Waals surface area contributed by atoms with Gasteiger partial charge in [0, 0.05) is 32.0 Å². The monoisotopic (exact) mass is 259 g/mol. The molecule has 5 nitrogen and oxygen atoms in total. The number of hydrogen-bond acceptors (Lipinski definition) is 4. The van der Waals surface area contributed by atoms with Gasteiger partial charge in [0.15, 0.2) is 0 Å². The van der Waals surface area contributed by atoms with E-state index >= 15 is 0 Å². The summed E-state index contributed by atoms with van der Waals surface area (Å²) < 4.78 is 0. The van der Waals surface area contributed by atoms with Gasteiger partial charge >= 0.3 is 0 Å². The van der Waals surface area contributed by atoms with Crippen LogP contribution in [0, 0.1) is 17.2 Å². The maximum atomic E-state index is 12.0. The Hall–Kier alpha value is -2.06. The molecule has 0 saturated carbocycles. The highest BCUT2D eigenvalue weighted by Gasteiger charge is 2.31. The molecule has 1 saturated heterocycles. The second kappa shape index (κ2) is 5.72. The van der Waals surface area contributed by atoms with Crippen LogP contribution < -0.4 is 10.2 Å². The van der Waals surface area contributed by atoms with Crippen LogP contribution >= 0.6 is 0 Å². The fourth-order valence-electron chi connectivity index (χ4n) is 2.30. The highest BCUT2D eigenvalue weighted by atomic mass is 16.3. The van der Waals surface area contributed by atoms with Crippen LogP contribution in [0.4, 0.5) is 11.4 Å². The standard InChI is InChI=1S/C14H17N3O2/c1-2-16-12-4-3-10(7-15)5-13(12)17-8-11(9-18)6-14(17)19/h3-5,11,16,18H,2,6,8-9H2,1H3. The van der Waals surface area contributed by atoms with Gasteiger partial charge < -0.3 is 15.3 Å². The Morgan fingerprint density at radius 3 is 2.95 bits per heavy atom. The number of hydrogen-bond donors (Lipinski definition) is 2. The molecule has 1 fully saturated rings. The number of nitrogens with zero attached hydrogens (tertiary/aromatic N) is 2. The topological polar surface area (TPSA) is 76.4 Å². The van der Waals surface area contributed by atoms with Crippen LogP contribution in [0.1, 0.15) is 18.9 Å². The third kappa shape index (κ3) is 2.69. The van der Waals surface area contributed by atoms with Gasteiger partial charge in [-0.15, -0.1) is 0 Å². The zero-order valence-corrected chi connectivity index (χ0v) is 10.9. The molecule has 1 unspecified atom stereocenters. The summed E-state index contributed by atoms with van der Waals surface area (Å²) in [7, 11) is 0. The van der Waals surface area contributed by atoms with Gasteiger partial charge in [-0.05, 0) is 25.1 Å². The highest BCUT2D eigenvalue weighted by molar-refractivity contribution is 5.99. The minimum atomic E-state index is -0.0206. The molecule has 1 aromatic rings. The van der Waals surface area contributed by atoms with E-state index in [0.717, 1.165) is 17.9 Å². The number of carbonyl (C=O) groups excluding carboxylic acids is 1. The van der Waals surface area contributed by atoms with Gasteiger partial charge in [-0.25, -0.2) is 0 Å². The number of nitriles is 1. The van der Waals surface area contributed by atoms with E-state index in [-0.39, 0.29) is 18.4 Å². The van der Waals surface area contributed by atoms with Crippen molar-refractivity contribution < 1.29 is 9.90 Å². The SMILES string of the molecule is CCNc1ccc(C#N)cc1N1CC(CO)CC1=O. The lowest BCUT2D eigenvalue weighted by Gasteiger charge is -2.21. The van der Waals surface area contributed by atoms with Crippen molar-refractivity contribution in [3.63, 3.8) is 0 Å². The Morgan fingerprint density at radius 1 is 1.58 bits per heavy atom. The molecule has 1 aliphatic rings. The summed E-state index contributed by atoms with van der Waals surface area (Å²) in [5, 5.41) is 21.3. The number of aliphatic hydroxyl groups excluding tert-OH is 1. The van der Waals surface area contributed by atoms with Crippen LogP contribution in [0.3, 0.4) is 0 Å². The molecule has 5 heteroatoms. The summed E-state index contributed by atoms with van der Waals surface area (Å²) >= 11 is 0. The largest absolute Gasteiger partial charge is 0.396 e. The first-order chi connectivity index (χ1) is 9.19. The van der Waals surface area contributed by atoms with Crippen molar-refractivity contribution in [2.24, 2.45) is 5.92 Å². The molecule has 1 aliphatic heterocycles. The Labute approximate surface area is 112 Å². The van der Waals surface area contributed by atoms with Crippen molar-refractivity contribution in [1.82, 2.24) is 0 Å². The second-order valence-corrected chi connectivity index (χ2v) is 4.63. The van der Waals surface area contributed by atoms with Crippen LogP contribution in [0.5, 0.6) is 0 Å². The number of anilines is 2. The number of rotatable bonds is 4. The lowest BCUT2D eigenvalue weighted by Crippen LogP contribution is -2.26. The average Bonchev–Trinajstić information content (AvgIpc) is 2.81. The van der Waals surface area contributed by atoms with Crippen molar-refractivity contribution in [2.45, 2.75) is 13.3 Å². The number of benzene rings is 1. The molecule has 100 valence electrons. The minimum absolute atomic E-state index is 0.00621. The summed E-state index contributed by atoms with van der Waals surface area (Å²) in [6, 6.07) is 7.35. The van der Waals surface area contributed by atoms with Gasteiger partial charge in [0.05, 0.1) is 23.0 Å². The average molecular weight is 259 g/mol. The van der Waals surface area contributed by atoms with Gasteiger partial charge in [0.2, 0.25) is 5.91 Å². The Bertz CT molecular complexity index is 522. The molecule has 2 rings (SSSR count). The molecule has 0 aromatic heterocycles. The molecule has 1 heterocycles. The van der Waals surface area contributed by atoms with Gasteiger partial charge in [-0.1, -0.05) is 0 Å². The van der Waals surface area contributed by atoms with Crippen molar-refractivity contribution in [3.05, 3.63) is 23.8 Å². The van der Waals surface area contributed by atoms with Crippen LogP contribution in [0.2, 0.25) is 0 Å². The van der Waals surface area contributed by atoms with Crippen LogP contribution in [0.15, 0.2) is 18.2 Å². The second-order valence-electron chi connectivity index (χ2n) is 4.63. The van der Waals surface area contributed by atoms with E-state index in [1.807, 2.05) is 13.0 Å². The normalized spacial score (nSPS) is 18.5. The summed E-state index contributed by atoms with van der Waals surface area (Å²) in [4.78, 5) is 13.7. The maximum Gasteiger partial charge on any atom is 0.227 e. The van der Waals surface area contributed by atoms with E-state index in [1.54, 1.807) is 17.0 Å². The van der Waals surface area contributed by atoms with Gasteiger partial charge in [0.1, 0.15) is 0 Å². The summed E-state index contributed by atoms with van der Waals surface area (Å²) in [5.41, 5.74) is 2.09. The Balaban J connectivity index is 2.37. The van der Waals surface area contributed by atoms with Crippen molar-refractivity contribution in [1.29, 1.82) is 5.26 Å². The molecule has 0 aliphatic carbocycles. The van der Waals surface area contributed by atoms with Crippen molar-refractivity contribution in [2.75, 3.05) is 29.9 Å².